The number of rotatable bonds is 6. The minimum Gasteiger partial charge on any atom is -0.289 e. The first kappa shape index (κ1) is 14.3. The van der Waals surface area contributed by atoms with E-state index in [1.807, 2.05) is 30.3 Å². The summed E-state index contributed by atoms with van der Waals surface area (Å²) in [4.78, 5) is 11.0. The molecule has 2 aromatic rings. The number of hydroxylamine groups is 1. The molecule has 0 aliphatic carbocycles. The topological polar surface area (TPSA) is 49.3 Å². The van der Waals surface area contributed by atoms with E-state index in [2.05, 4.69) is 24.3 Å². The molecular weight excluding hydrogens is 250 g/mol. The van der Waals surface area contributed by atoms with Crippen molar-refractivity contribution >= 4 is 5.91 Å². The van der Waals surface area contributed by atoms with Crippen molar-refractivity contribution < 1.29 is 10.0 Å². The van der Waals surface area contributed by atoms with Crippen LogP contribution >= 0.6 is 0 Å². The number of hydrogen-bond donors (Lipinski definition) is 2. The molecule has 104 valence electrons. The summed E-state index contributed by atoms with van der Waals surface area (Å²) in [6.07, 6.45) is 3.43. The van der Waals surface area contributed by atoms with Crippen molar-refractivity contribution in [1.29, 1.82) is 0 Å². The number of carbonyl (C=O) groups is 1. The predicted octanol–water partition coefficient (Wildman–Crippen LogP) is 2.91. The fraction of sp³-hybridized carbons (Fsp3) is 0.235. The highest BCUT2D eigenvalue weighted by atomic mass is 16.5. The van der Waals surface area contributed by atoms with E-state index >= 15 is 0 Å². The van der Waals surface area contributed by atoms with Crippen LogP contribution in [-0.2, 0) is 24.1 Å². The standard InChI is InChI=1S/C17H19NO2/c19-17(18-20)13-16-11-9-15(10-12-16)8-4-7-14-5-2-1-3-6-14/h1-3,5-6,9-12,20H,4,7-8,13H2,(H,18,19). The fourth-order valence-electron chi connectivity index (χ4n) is 2.19. The molecule has 0 saturated heterocycles. The highest BCUT2D eigenvalue weighted by Crippen LogP contribution is 2.10. The summed E-state index contributed by atoms with van der Waals surface area (Å²) in [6.45, 7) is 0. The van der Waals surface area contributed by atoms with Gasteiger partial charge in [0, 0.05) is 0 Å². The van der Waals surface area contributed by atoms with E-state index in [0.717, 1.165) is 24.8 Å². The normalized spacial score (nSPS) is 10.2. The van der Waals surface area contributed by atoms with E-state index in [9.17, 15) is 4.79 Å². The molecule has 2 N–H and O–H groups in total. The fourth-order valence-corrected chi connectivity index (χ4v) is 2.19. The molecule has 0 saturated carbocycles. The Hall–Kier alpha value is -2.13. The second-order valence-corrected chi connectivity index (χ2v) is 4.87. The Labute approximate surface area is 119 Å². The van der Waals surface area contributed by atoms with E-state index in [1.165, 1.54) is 11.1 Å². The minimum absolute atomic E-state index is 0.209. The third kappa shape index (κ3) is 4.52. The highest BCUT2D eigenvalue weighted by molar-refractivity contribution is 5.77. The molecule has 0 aromatic heterocycles. The summed E-state index contributed by atoms with van der Waals surface area (Å²) in [6, 6.07) is 18.4. The minimum atomic E-state index is -0.387. The number of carbonyl (C=O) groups excluding carboxylic acids is 1. The summed E-state index contributed by atoms with van der Waals surface area (Å²) in [5.41, 5.74) is 5.18. The third-order valence-corrected chi connectivity index (χ3v) is 3.29. The van der Waals surface area contributed by atoms with Gasteiger partial charge in [-0.2, -0.15) is 0 Å². The number of hydrogen-bond acceptors (Lipinski definition) is 2. The lowest BCUT2D eigenvalue weighted by Crippen LogP contribution is -2.20. The van der Waals surface area contributed by atoms with Crippen LogP contribution in [0.5, 0.6) is 0 Å². The van der Waals surface area contributed by atoms with Crippen molar-refractivity contribution in [3.63, 3.8) is 0 Å². The zero-order valence-electron chi connectivity index (χ0n) is 11.4. The zero-order valence-corrected chi connectivity index (χ0v) is 11.4. The van der Waals surface area contributed by atoms with Crippen LogP contribution in [0.15, 0.2) is 54.6 Å². The van der Waals surface area contributed by atoms with Gasteiger partial charge in [-0.05, 0) is 36.0 Å². The van der Waals surface area contributed by atoms with Crippen molar-refractivity contribution in [3.05, 3.63) is 71.3 Å². The SMILES string of the molecule is O=C(Cc1ccc(CCCc2ccccc2)cc1)NO. The third-order valence-electron chi connectivity index (χ3n) is 3.29. The molecule has 0 aliphatic rings. The lowest BCUT2D eigenvalue weighted by atomic mass is 10.0. The largest absolute Gasteiger partial charge is 0.289 e. The number of nitrogens with one attached hydrogen (secondary N) is 1. The smallest absolute Gasteiger partial charge is 0.247 e. The Morgan fingerprint density at radius 3 is 2.00 bits per heavy atom. The molecule has 0 bridgehead atoms. The van der Waals surface area contributed by atoms with Crippen molar-refractivity contribution in [3.8, 4) is 0 Å². The van der Waals surface area contributed by atoms with Crippen LogP contribution in [0.4, 0.5) is 0 Å². The van der Waals surface area contributed by atoms with Crippen LogP contribution in [-0.4, -0.2) is 11.1 Å². The molecule has 0 radical (unpaired) electrons. The number of aryl methyl sites for hydroxylation is 2. The van der Waals surface area contributed by atoms with Crippen LogP contribution in [0, 0.1) is 0 Å². The highest BCUT2D eigenvalue weighted by Gasteiger charge is 2.01. The molecular formula is C17H19NO2. The molecule has 0 heterocycles. The average Bonchev–Trinajstić information content (AvgIpc) is 2.50. The summed E-state index contributed by atoms with van der Waals surface area (Å²) in [5, 5.41) is 8.48. The van der Waals surface area contributed by atoms with Gasteiger partial charge in [0.15, 0.2) is 0 Å². The molecule has 1 amide bonds. The van der Waals surface area contributed by atoms with Gasteiger partial charge in [-0.1, -0.05) is 54.6 Å². The lowest BCUT2D eigenvalue weighted by Gasteiger charge is -2.04. The summed E-state index contributed by atoms with van der Waals surface area (Å²) in [5.74, 6) is -0.387. The molecule has 0 aliphatic heterocycles. The predicted molar refractivity (Wildman–Crippen MR) is 78.5 cm³/mol. The maximum absolute atomic E-state index is 11.0. The maximum atomic E-state index is 11.0. The monoisotopic (exact) mass is 269 g/mol. The molecule has 0 atom stereocenters. The van der Waals surface area contributed by atoms with Gasteiger partial charge < -0.3 is 0 Å². The van der Waals surface area contributed by atoms with Gasteiger partial charge >= 0.3 is 0 Å². The van der Waals surface area contributed by atoms with E-state index in [4.69, 9.17) is 5.21 Å². The first-order valence-corrected chi connectivity index (χ1v) is 6.82. The number of amides is 1. The second-order valence-electron chi connectivity index (χ2n) is 4.87. The zero-order chi connectivity index (χ0) is 14.2. The van der Waals surface area contributed by atoms with Gasteiger partial charge in [0.05, 0.1) is 6.42 Å². The quantitative estimate of drug-likeness (QED) is 0.626. The van der Waals surface area contributed by atoms with Gasteiger partial charge in [-0.3, -0.25) is 10.0 Å². The second kappa shape index (κ2) is 7.46. The molecule has 0 fully saturated rings. The van der Waals surface area contributed by atoms with Crippen molar-refractivity contribution in [2.24, 2.45) is 0 Å². The first-order chi connectivity index (χ1) is 9.78. The first-order valence-electron chi connectivity index (χ1n) is 6.82. The molecule has 20 heavy (non-hydrogen) atoms. The van der Waals surface area contributed by atoms with Crippen molar-refractivity contribution in [2.75, 3.05) is 0 Å². The van der Waals surface area contributed by atoms with Gasteiger partial charge in [-0.15, -0.1) is 0 Å². The molecule has 3 nitrogen and oxygen atoms in total. The van der Waals surface area contributed by atoms with Crippen LogP contribution in [0.2, 0.25) is 0 Å². The van der Waals surface area contributed by atoms with Crippen molar-refractivity contribution in [1.82, 2.24) is 5.48 Å². The van der Waals surface area contributed by atoms with E-state index in [0.29, 0.717) is 0 Å². The Balaban J connectivity index is 1.80. The van der Waals surface area contributed by atoms with E-state index < -0.39 is 0 Å². The van der Waals surface area contributed by atoms with Gasteiger partial charge in [0.25, 0.3) is 0 Å². The summed E-state index contributed by atoms with van der Waals surface area (Å²) in [7, 11) is 0. The Morgan fingerprint density at radius 2 is 1.40 bits per heavy atom. The van der Waals surface area contributed by atoms with Crippen molar-refractivity contribution in [2.45, 2.75) is 25.7 Å². The van der Waals surface area contributed by atoms with Crippen LogP contribution in [0.1, 0.15) is 23.1 Å². The molecule has 0 spiro atoms. The van der Waals surface area contributed by atoms with E-state index in [1.54, 1.807) is 5.48 Å². The van der Waals surface area contributed by atoms with Crippen LogP contribution < -0.4 is 5.48 Å². The molecule has 0 unspecified atom stereocenters. The number of benzene rings is 2. The van der Waals surface area contributed by atoms with Crippen LogP contribution in [0.3, 0.4) is 0 Å². The average molecular weight is 269 g/mol. The van der Waals surface area contributed by atoms with Crippen LogP contribution in [0.25, 0.3) is 0 Å². The molecule has 2 aromatic carbocycles. The van der Waals surface area contributed by atoms with Gasteiger partial charge in [-0.25, -0.2) is 5.48 Å². The van der Waals surface area contributed by atoms with Gasteiger partial charge in [0.2, 0.25) is 5.91 Å². The Kier molecular flexibility index (Phi) is 5.33. The maximum Gasteiger partial charge on any atom is 0.247 e. The lowest BCUT2D eigenvalue weighted by molar-refractivity contribution is -0.128. The van der Waals surface area contributed by atoms with Gasteiger partial charge in [0.1, 0.15) is 0 Å². The molecule has 3 heteroatoms. The summed E-state index contributed by atoms with van der Waals surface area (Å²) >= 11 is 0. The Bertz CT molecular complexity index is 535. The summed E-state index contributed by atoms with van der Waals surface area (Å²) < 4.78 is 0. The van der Waals surface area contributed by atoms with E-state index in [-0.39, 0.29) is 12.3 Å². The Morgan fingerprint density at radius 1 is 0.850 bits per heavy atom. The molecule has 2 rings (SSSR count).